The SMILES string of the molecule is Nc1nc(N)c(F)c(-c2ccc(Cl)c([N+](=O)[O-])c2)n1. The first kappa shape index (κ1) is 13.0. The van der Waals surface area contributed by atoms with Crippen molar-refractivity contribution in [1.82, 2.24) is 9.97 Å². The molecule has 0 saturated heterocycles. The third-order valence-corrected chi connectivity index (χ3v) is 2.63. The molecule has 0 aliphatic carbocycles. The van der Waals surface area contributed by atoms with Gasteiger partial charge in [0.05, 0.1) is 4.92 Å². The minimum Gasteiger partial charge on any atom is -0.381 e. The highest BCUT2D eigenvalue weighted by molar-refractivity contribution is 6.32. The molecule has 0 fully saturated rings. The number of aromatic nitrogens is 2. The summed E-state index contributed by atoms with van der Waals surface area (Å²) in [5.74, 6) is -1.56. The van der Waals surface area contributed by atoms with Crippen LogP contribution in [0.3, 0.4) is 0 Å². The molecule has 2 aromatic rings. The molecule has 0 saturated carbocycles. The van der Waals surface area contributed by atoms with Gasteiger partial charge in [-0.1, -0.05) is 17.7 Å². The van der Waals surface area contributed by atoms with Crippen molar-refractivity contribution in [3.05, 3.63) is 39.2 Å². The van der Waals surface area contributed by atoms with E-state index in [1.165, 1.54) is 12.1 Å². The van der Waals surface area contributed by atoms with Crippen molar-refractivity contribution in [2.45, 2.75) is 0 Å². The molecule has 1 aromatic carbocycles. The minimum absolute atomic E-state index is 0.0656. The zero-order valence-corrected chi connectivity index (χ0v) is 10.1. The van der Waals surface area contributed by atoms with Crippen molar-refractivity contribution >= 4 is 29.1 Å². The second-order valence-corrected chi connectivity index (χ2v) is 3.96. The predicted octanol–water partition coefficient (Wildman–Crippen LogP) is 2.01. The van der Waals surface area contributed by atoms with Crippen LogP contribution in [0.4, 0.5) is 21.8 Å². The van der Waals surface area contributed by atoms with Crippen molar-refractivity contribution in [3.63, 3.8) is 0 Å². The molecule has 4 N–H and O–H groups in total. The number of benzene rings is 1. The maximum absolute atomic E-state index is 13.8. The van der Waals surface area contributed by atoms with Gasteiger partial charge in [0.25, 0.3) is 5.69 Å². The smallest absolute Gasteiger partial charge is 0.288 e. The number of hydrogen-bond donors (Lipinski definition) is 2. The van der Waals surface area contributed by atoms with Crippen LogP contribution in [0.15, 0.2) is 18.2 Å². The number of hydrogen-bond acceptors (Lipinski definition) is 6. The summed E-state index contributed by atoms with van der Waals surface area (Å²) in [6.07, 6.45) is 0. The van der Waals surface area contributed by atoms with Gasteiger partial charge in [-0.2, -0.15) is 4.98 Å². The molecule has 0 aliphatic rings. The van der Waals surface area contributed by atoms with E-state index in [9.17, 15) is 14.5 Å². The number of anilines is 2. The summed E-state index contributed by atoms with van der Waals surface area (Å²) < 4.78 is 13.8. The van der Waals surface area contributed by atoms with E-state index in [2.05, 4.69) is 9.97 Å². The van der Waals surface area contributed by atoms with Crippen LogP contribution >= 0.6 is 11.6 Å². The summed E-state index contributed by atoms with van der Waals surface area (Å²) in [5.41, 5.74) is 10.2. The van der Waals surface area contributed by atoms with E-state index in [0.717, 1.165) is 6.07 Å². The van der Waals surface area contributed by atoms with Gasteiger partial charge in [0.15, 0.2) is 11.6 Å². The fourth-order valence-electron chi connectivity index (χ4n) is 1.47. The fourth-order valence-corrected chi connectivity index (χ4v) is 1.66. The molecule has 0 radical (unpaired) electrons. The van der Waals surface area contributed by atoms with E-state index in [1.54, 1.807) is 0 Å². The lowest BCUT2D eigenvalue weighted by Crippen LogP contribution is -2.05. The molecule has 1 aromatic heterocycles. The Kier molecular flexibility index (Phi) is 3.17. The van der Waals surface area contributed by atoms with E-state index in [0.29, 0.717) is 0 Å². The lowest BCUT2D eigenvalue weighted by atomic mass is 10.1. The molecule has 19 heavy (non-hydrogen) atoms. The van der Waals surface area contributed by atoms with Gasteiger partial charge in [0.1, 0.15) is 10.7 Å². The van der Waals surface area contributed by atoms with E-state index in [4.69, 9.17) is 23.1 Å². The molecule has 0 unspecified atom stereocenters. The van der Waals surface area contributed by atoms with Crippen LogP contribution in [0.1, 0.15) is 0 Å². The van der Waals surface area contributed by atoms with Gasteiger partial charge in [0.2, 0.25) is 5.95 Å². The van der Waals surface area contributed by atoms with E-state index < -0.39 is 16.6 Å². The number of rotatable bonds is 2. The molecule has 0 bridgehead atoms. The minimum atomic E-state index is -0.897. The van der Waals surface area contributed by atoms with Crippen molar-refractivity contribution < 1.29 is 9.31 Å². The molecule has 0 spiro atoms. The number of nitrogens with two attached hydrogens (primary N) is 2. The summed E-state index contributed by atoms with van der Waals surface area (Å²) in [4.78, 5) is 17.2. The number of nitrogens with zero attached hydrogens (tertiary/aromatic N) is 3. The normalized spacial score (nSPS) is 10.4. The average molecular weight is 284 g/mol. The van der Waals surface area contributed by atoms with Gasteiger partial charge in [-0.25, -0.2) is 9.37 Å². The highest BCUT2D eigenvalue weighted by Crippen LogP contribution is 2.31. The van der Waals surface area contributed by atoms with Crippen LogP contribution in [0.5, 0.6) is 0 Å². The monoisotopic (exact) mass is 283 g/mol. The molecular weight excluding hydrogens is 277 g/mol. The molecule has 98 valence electrons. The number of nitro groups is 1. The van der Waals surface area contributed by atoms with Crippen LogP contribution in [-0.2, 0) is 0 Å². The second kappa shape index (κ2) is 4.65. The van der Waals surface area contributed by atoms with Crippen LogP contribution in [0.2, 0.25) is 5.02 Å². The van der Waals surface area contributed by atoms with Crippen LogP contribution < -0.4 is 11.5 Å². The van der Waals surface area contributed by atoms with Gasteiger partial charge in [-0.15, -0.1) is 0 Å². The van der Waals surface area contributed by atoms with E-state index in [1.807, 2.05) is 0 Å². The van der Waals surface area contributed by atoms with Gasteiger partial charge in [0, 0.05) is 11.6 Å². The predicted molar refractivity (Wildman–Crippen MR) is 67.9 cm³/mol. The fraction of sp³-hybridized carbons (Fsp3) is 0. The Hall–Kier alpha value is -2.48. The Morgan fingerprint density at radius 1 is 1.32 bits per heavy atom. The molecule has 1 heterocycles. The molecule has 0 amide bonds. The van der Waals surface area contributed by atoms with E-state index in [-0.39, 0.29) is 27.9 Å². The Balaban J connectivity index is 2.66. The zero-order valence-electron chi connectivity index (χ0n) is 9.30. The quantitative estimate of drug-likeness (QED) is 0.642. The van der Waals surface area contributed by atoms with Crippen LogP contribution in [0.25, 0.3) is 11.3 Å². The summed E-state index contributed by atoms with van der Waals surface area (Å²) in [7, 11) is 0. The largest absolute Gasteiger partial charge is 0.381 e. The molecule has 0 aliphatic heterocycles. The summed E-state index contributed by atoms with van der Waals surface area (Å²) in [5, 5.41) is 10.7. The lowest BCUT2D eigenvalue weighted by Gasteiger charge is -2.06. The molecular formula is C10H7ClFN5O2. The summed E-state index contributed by atoms with van der Waals surface area (Å²) in [6, 6.07) is 3.73. The Labute approximate surface area is 111 Å². The first-order valence-corrected chi connectivity index (χ1v) is 5.30. The second-order valence-electron chi connectivity index (χ2n) is 3.55. The number of halogens is 2. The third-order valence-electron chi connectivity index (χ3n) is 2.31. The molecule has 7 nitrogen and oxygen atoms in total. The maximum Gasteiger partial charge on any atom is 0.288 e. The van der Waals surface area contributed by atoms with Gasteiger partial charge >= 0.3 is 0 Å². The Morgan fingerprint density at radius 2 is 2.00 bits per heavy atom. The van der Waals surface area contributed by atoms with Crippen molar-refractivity contribution in [3.8, 4) is 11.3 Å². The summed E-state index contributed by atoms with van der Waals surface area (Å²) in [6.45, 7) is 0. The number of nitrogen functional groups attached to an aromatic ring is 2. The lowest BCUT2D eigenvalue weighted by molar-refractivity contribution is -0.384. The molecule has 2 rings (SSSR count). The highest BCUT2D eigenvalue weighted by Gasteiger charge is 2.18. The third kappa shape index (κ3) is 2.38. The first-order chi connectivity index (χ1) is 8.90. The van der Waals surface area contributed by atoms with Crippen LogP contribution in [0, 0.1) is 15.9 Å². The van der Waals surface area contributed by atoms with Gasteiger partial charge in [-0.3, -0.25) is 10.1 Å². The van der Waals surface area contributed by atoms with Crippen molar-refractivity contribution in [2.24, 2.45) is 0 Å². The highest BCUT2D eigenvalue weighted by atomic mass is 35.5. The van der Waals surface area contributed by atoms with Crippen LogP contribution in [-0.4, -0.2) is 14.9 Å². The summed E-state index contributed by atoms with van der Waals surface area (Å²) >= 11 is 5.66. The van der Waals surface area contributed by atoms with Crippen molar-refractivity contribution in [2.75, 3.05) is 11.5 Å². The van der Waals surface area contributed by atoms with Crippen molar-refractivity contribution in [1.29, 1.82) is 0 Å². The first-order valence-electron chi connectivity index (χ1n) is 4.93. The Bertz CT molecular complexity index is 679. The number of nitro benzene ring substituents is 1. The molecule has 0 atom stereocenters. The standard InChI is InChI=1S/C10H7ClFN5O2/c11-5-2-1-4(3-6(5)17(18)19)8-7(12)9(13)16-10(14)15-8/h1-3H,(H4,13,14,15,16). The topological polar surface area (TPSA) is 121 Å². The zero-order chi connectivity index (χ0) is 14.2. The molecule has 9 heteroatoms. The average Bonchev–Trinajstić information content (AvgIpc) is 2.34. The Morgan fingerprint density at radius 3 is 2.63 bits per heavy atom. The maximum atomic E-state index is 13.8. The van der Waals surface area contributed by atoms with Gasteiger partial charge < -0.3 is 11.5 Å². The van der Waals surface area contributed by atoms with Gasteiger partial charge in [-0.05, 0) is 6.07 Å². The van der Waals surface area contributed by atoms with E-state index >= 15 is 0 Å².